The molecule has 1 saturated carbocycles. The van der Waals surface area contributed by atoms with Gasteiger partial charge in [-0.25, -0.2) is 0 Å². The van der Waals surface area contributed by atoms with Gasteiger partial charge in [0.25, 0.3) is 0 Å². The molecule has 0 radical (unpaired) electrons. The van der Waals surface area contributed by atoms with Gasteiger partial charge in [-0.05, 0) is 63.7 Å². The Morgan fingerprint density at radius 3 is 2.75 bits per heavy atom. The number of carbonyl (C=O) groups excluding carboxylic acids is 1. The molecule has 2 aliphatic rings. The first-order valence-corrected chi connectivity index (χ1v) is 8.32. The minimum Gasteiger partial charge on any atom is -0.355 e. The van der Waals surface area contributed by atoms with E-state index in [4.69, 9.17) is 5.73 Å². The number of hydrogen-bond donors (Lipinski definition) is 2. The van der Waals surface area contributed by atoms with Crippen LogP contribution in [0.5, 0.6) is 0 Å². The lowest BCUT2D eigenvalue weighted by atomic mass is 9.70. The van der Waals surface area contributed by atoms with Gasteiger partial charge in [-0.3, -0.25) is 4.79 Å². The van der Waals surface area contributed by atoms with Gasteiger partial charge >= 0.3 is 0 Å². The van der Waals surface area contributed by atoms with Gasteiger partial charge in [0.05, 0.1) is 5.41 Å². The first kappa shape index (κ1) is 15.6. The Balaban J connectivity index is 1.79. The second-order valence-electron chi connectivity index (χ2n) is 6.78. The molecule has 0 bridgehead atoms. The number of amides is 1. The summed E-state index contributed by atoms with van der Waals surface area (Å²) in [6.45, 7) is 3.55. The number of allylic oxidation sites excluding steroid dienone is 1. The first-order chi connectivity index (χ1) is 9.66. The fourth-order valence-electron chi connectivity index (χ4n) is 3.49. The molecule has 1 amide bonds. The predicted molar refractivity (Wildman–Crippen MR) is 83.3 cm³/mol. The minimum atomic E-state index is -0.284. The van der Waals surface area contributed by atoms with Crippen LogP contribution in [0.15, 0.2) is 11.6 Å². The second-order valence-corrected chi connectivity index (χ2v) is 6.78. The number of carbonyl (C=O) groups is 1. The standard InChI is InChI=1S/C17H30N2O/c1-14-7-10-17(13-18,11-8-14)16(20)19-12-9-15-5-3-2-4-6-15/h5,14H,2-4,6-13,18H2,1H3,(H,19,20). The maximum Gasteiger partial charge on any atom is 0.227 e. The van der Waals surface area contributed by atoms with Crippen molar-refractivity contribution in [3.05, 3.63) is 11.6 Å². The van der Waals surface area contributed by atoms with E-state index in [9.17, 15) is 4.79 Å². The molecule has 0 aromatic rings. The Hall–Kier alpha value is -0.830. The molecule has 114 valence electrons. The third-order valence-corrected chi connectivity index (χ3v) is 5.22. The predicted octanol–water partition coefficient (Wildman–Crippen LogP) is 3.15. The number of rotatable bonds is 5. The summed E-state index contributed by atoms with van der Waals surface area (Å²) in [6, 6.07) is 0. The van der Waals surface area contributed by atoms with E-state index in [1.807, 2.05) is 0 Å². The molecule has 3 nitrogen and oxygen atoms in total. The van der Waals surface area contributed by atoms with Gasteiger partial charge in [0, 0.05) is 13.1 Å². The maximum atomic E-state index is 12.5. The molecule has 0 saturated heterocycles. The summed E-state index contributed by atoms with van der Waals surface area (Å²) in [5.74, 6) is 0.943. The van der Waals surface area contributed by atoms with Crippen molar-refractivity contribution in [2.75, 3.05) is 13.1 Å². The third-order valence-electron chi connectivity index (χ3n) is 5.22. The van der Waals surface area contributed by atoms with Crippen molar-refractivity contribution in [2.45, 2.75) is 64.7 Å². The highest BCUT2D eigenvalue weighted by molar-refractivity contribution is 5.83. The summed E-state index contributed by atoms with van der Waals surface area (Å²) in [5, 5.41) is 3.15. The van der Waals surface area contributed by atoms with Gasteiger partial charge in [0.15, 0.2) is 0 Å². The van der Waals surface area contributed by atoms with E-state index in [0.29, 0.717) is 6.54 Å². The number of hydrogen-bond acceptors (Lipinski definition) is 2. The van der Waals surface area contributed by atoms with Gasteiger partial charge in [0.1, 0.15) is 0 Å². The van der Waals surface area contributed by atoms with Crippen LogP contribution < -0.4 is 11.1 Å². The lowest BCUT2D eigenvalue weighted by molar-refractivity contribution is -0.132. The molecule has 0 spiro atoms. The normalized spacial score (nSPS) is 30.7. The molecule has 3 N–H and O–H groups in total. The molecule has 0 aromatic carbocycles. The van der Waals surface area contributed by atoms with E-state index in [1.165, 1.54) is 31.3 Å². The Morgan fingerprint density at radius 1 is 1.40 bits per heavy atom. The Kier molecular flexibility index (Phi) is 5.64. The average Bonchev–Trinajstić information content (AvgIpc) is 2.49. The third kappa shape index (κ3) is 3.85. The SMILES string of the molecule is CC1CCC(CN)(C(=O)NCCC2=CCCCC2)CC1. The second kappa shape index (κ2) is 7.26. The van der Waals surface area contributed by atoms with Crippen LogP contribution in [0.2, 0.25) is 0 Å². The topological polar surface area (TPSA) is 55.1 Å². The van der Waals surface area contributed by atoms with Gasteiger partial charge in [-0.1, -0.05) is 18.6 Å². The molecule has 0 heterocycles. The molecular weight excluding hydrogens is 248 g/mol. The van der Waals surface area contributed by atoms with Gasteiger partial charge < -0.3 is 11.1 Å². The van der Waals surface area contributed by atoms with Crippen LogP contribution in [-0.2, 0) is 4.79 Å². The van der Waals surface area contributed by atoms with Gasteiger partial charge in [0.2, 0.25) is 5.91 Å². The van der Waals surface area contributed by atoms with E-state index < -0.39 is 0 Å². The van der Waals surface area contributed by atoms with Crippen LogP contribution in [0.3, 0.4) is 0 Å². The number of nitrogens with two attached hydrogens (primary N) is 1. The summed E-state index contributed by atoms with van der Waals surface area (Å²) in [5.41, 5.74) is 7.17. The van der Waals surface area contributed by atoms with Gasteiger partial charge in [-0.2, -0.15) is 0 Å². The Labute approximate surface area is 123 Å². The van der Waals surface area contributed by atoms with Crippen molar-refractivity contribution in [1.82, 2.24) is 5.32 Å². The monoisotopic (exact) mass is 278 g/mol. The summed E-state index contributed by atoms with van der Waals surface area (Å²) < 4.78 is 0. The smallest absolute Gasteiger partial charge is 0.227 e. The van der Waals surface area contributed by atoms with Crippen LogP contribution in [0.4, 0.5) is 0 Å². The van der Waals surface area contributed by atoms with Gasteiger partial charge in [-0.15, -0.1) is 0 Å². The van der Waals surface area contributed by atoms with Crippen LogP contribution >= 0.6 is 0 Å². The van der Waals surface area contributed by atoms with E-state index in [0.717, 1.165) is 44.6 Å². The van der Waals surface area contributed by atoms with Crippen LogP contribution in [0.1, 0.15) is 64.7 Å². The van der Waals surface area contributed by atoms with Crippen LogP contribution in [0, 0.1) is 11.3 Å². The van der Waals surface area contributed by atoms with Crippen molar-refractivity contribution in [2.24, 2.45) is 17.1 Å². The average molecular weight is 278 g/mol. The summed E-state index contributed by atoms with van der Waals surface area (Å²) in [7, 11) is 0. The Morgan fingerprint density at radius 2 is 2.15 bits per heavy atom. The van der Waals surface area contributed by atoms with Crippen LogP contribution in [-0.4, -0.2) is 19.0 Å². The zero-order valence-corrected chi connectivity index (χ0v) is 12.9. The highest BCUT2D eigenvalue weighted by atomic mass is 16.2. The lowest BCUT2D eigenvalue weighted by Crippen LogP contribution is -2.48. The summed E-state index contributed by atoms with van der Waals surface area (Å²) in [4.78, 5) is 12.5. The summed E-state index contributed by atoms with van der Waals surface area (Å²) >= 11 is 0. The molecule has 0 unspecified atom stereocenters. The molecule has 3 heteroatoms. The Bertz CT molecular complexity index is 354. The molecular formula is C17H30N2O. The van der Waals surface area contributed by atoms with Crippen molar-refractivity contribution in [3.8, 4) is 0 Å². The van der Waals surface area contributed by atoms with Crippen molar-refractivity contribution in [1.29, 1.82) is 0 Å². The quantitative estimate of drug-likeness (QED) is 0.759. The highest BCUT2D eigenvalue weighted by Crippen LogP contribution is 2.38. The largest absolute Gasteiger partial charge is 0.355 e. The summed E-state index contributed by atoms with van der Waals surface area (Å²) in [6.07, 6.45) is 12.6. The van der Waals surface area contributed by atoms with E-state index in [-0.39, 0.29) is 11.3 Å². The molecule has 2 rings (SSSR count). The minimum absolute atomic E-state index is 0.198. The van der Waals surface area contributed by atoms with Crippen LogP contribution in [0.25, 0.3) is 0 Å². The van der Waals surface area contributed by atoms with E-state index in [1.54, 1.807) is 0 Å². The molecule has 0 aromatic heterocycles. The fraction of sp³-hybridized carbons (Fsp3) is 0.824. The molecule has 0 atom stereocenters. The van der Waals surface area contributed by atoms with E-state index in [2.05, 4.69) is 18.3 Å². The highest BCUT2D eigenvalue weighted by Gasteiger charge is 2.39. The zero-order chi connectivity index (χ0) is 14.4. The maximum absolute atomic E-state index is 12.5. The molecule has 1 fully saturated rings. The first-order valence-electron chi connectivity index (χ1n) is 8.32. The molecule has 2 aliphatic carbocycles. The zero-order valence-electron chi connectivity index (χ0n) is 12.9. The van der Waals surface area contributed by atoms with Crippen molar-refractivity contribution >= 4 is 5.91 Å². The lowest BCUT2D eigenvalue weighted by Gasteiger charge is -2.37. The molecule has 0 aliphatic heterocycles. The number of nitrogens with one attached hydrogen (secondary N) is 1. The fourth-order valence-corrected chi connectivity index (χ4v) is 3.49. The van der Waals surface area contributed by atoms with Crippen molar-refractivity contribution in [3.63, 3.8) is 0 Å². The van der Waals surface area contributed by atoms with E-state index >= 15 is 0 Å². The van der Waals surface area contributed by atoms with Crippen molar-refractivity contribution < 1.29 is 4.79 Å². The molecule has 20 heavy (non-hydrogen) atoms.